The van der Waals surface area contributed by atoms with Crippen molar-refractivity contribution in [1.29, 1.82) is 5.26 Å². The van der Waals surface area contributed by atoms with Crippen LogP contribution in [-0.4, -0.2) is 93.9 Å². The summed E-state index contributed by atoms with van der Waals surface area (Å²) < 4.78 is 11.5. The fraction of sp³-hybridized carbons (Fsp3) is 0.621. The first kappa shape index (κ1) is 28.6. The number of rotatable bonds is 9. The first-order chi connectivity index (χ1) is 19.1. The monoisotopic (exact) mass is 550 g/mol. The van der Waals surface area contributed by atoms with Gasteiger partial charge in [-0.2, -0.15) is 5.26 Å². The molecule has 4 fully saturated rings. The van der Waals surface area contributed by atoms with Gasteiger partial charge in [-0.3, -0.25) is 9.69 Å². The third-order valence-electron chi connectivity index (χ3n) is 9.13. The van der Waals surface area contributed by atoms with Crippen molar-refractivity contribution in [3.05, 3.63) is 47.5 Å². The number of carbonyl (C=O) groups excluding carboxylic acids is 2. The van der Waals surface area contributed by atoms with Crippen molar-refractivity contribution in [2.45, 2.75) is 87.5 Å². The topological polar surface area (TPSA) is 135 Å². The second-order valence-electron chi connectivity index (χ2n) is 12.3. The maximum absolute atomic E-state index is 13.8. The van der Waals surface area contributed by atoms with Crippen LogP contribution in [0, 0.1) is 11.3 Å². The summed E-state index contributed by atoms with van der Waals surface area (Å²) in [5.74, 6) is -1.27. The lowest BCUT2D eigenvalue weighted by atomic mass is 9.76. The van der Waals surface area contributed by atoms with Crippen molar-refractivity contribution in [1.82, 2.24) is 15.1 Å². The van der Waals surface area contributed by atoms with Crippen molar-refractivity contribution >= 4 is 19.1 Å². The highest BCUT2D eigenvalue weighted by Gasteiger charge is 2.55. The molecule has 40 heavy (non-hydrogen) atoms. The summed E-state index contributed by atoms with van der Waals surface area (Å²) in [4.78, 5) is 30.6. The number of alkyl carbamates (subject to hydrolysis) is 1. The summed E-state index contributed by atoms with van der Waals surface area (Å²) in [5, 5.41) is 32.2. The number of fused-ring (bicyclic) bond motifs is 2. The van der Waals surface area contributed by atoms with Gasteiger partial charge in [0.05, 0.1) is 23.7 Å². The third-order valence-corrected chi connectivity index (χ3v) is 9.13. The molecular weight excluding hydrogens is 511 g/mol. The van der Waals surface area contributed by atoms with Crippen LogP contribution in [0.15, 0.2) is 42.0 Å². The molecule has 0 unspecified atom stereocenters. The molecule has 1 atom stereocenters. The Hall–Kier alpha value is -2.91. The molecule has 10 nitrogen and oxygen atoms in total. The maximum atomic E-state index is 13.8. The van der Waals surface area contributed by atoms with Crippen molar-refractivity contribution in [3.63, 3.8) is 0 Å². The summed E-state index contributed by atoms with van der Waals surface area (Å²) in [6, 6.07) is 11.4. The van der Waals surface area contributed by atoms with Crippen molar-refractivity contribution in [2.24, 2.45) is 0 Å². The largest absolute Gasteiger partial charge is 0.475 e. The van der Waals surface area contributed by atoms with Crippen LogP contribution in [0.3, 0.4) is 0 Å². The SMILES string of the molecule is CC(C)(C=C(C#N)C(=O)N1C2CCC1(COC(=O)N[C@@H](Cc1ccccc1)B(O)O)CC2)N1CCOC2(CC2)C1. The fourth-order valence-electron chi connectivity index (χ4n) is 6.61. The molecule has 3 heterocycles. The normalized spacial score (nSPS) is 26.3. The van der Waals surface area contributed by atoms with Crippen LogP contribution in [0.1, 0.15) is 57.9 Å². The van der Waals surface area contributed by atoms with E-state index >= 15 is 0 Å². The molecule has 1 saturated carbocycles. The van der Waals surface area contributed by atoms with Crippen molar-refractivity contribution in [2.75, 3.05) is 26.3 Å². The van der Waals surface area contributed by atoms with Gasteiger partial charge in [0.25, 0.3) is 5.91 Å². The zero-order valence-electron chi connectivity index (χ0n) is 23.3. The Labute approximate surface area is 236 Å². The highest BCUT2D eigenvalue weighted by Crippen LogP contribution is 2.48. The number of benzene rings is 1. The lowest BCUT2D eigenvalue weighted by molar-refractivity contribution is -0.132. The van der Waals surface area contributed by atoms with Gasteiger partial charge in [0.2, 0.25) is 0 Å². The predicted molar refractivity (Wildman–Crippen MR) is 148 cm³/mol. The Bertz CT molecular complexity index is 1170. The van der Waals surface area contributed by atoms with Crippen LogP contribution in [0.2, 0.25) is 0 Å². The molecule has 0 radical (unpaired) electrons. The predicted octanol–water partition coefficient (Wildman–Crippen LogP) is 1.95. The number of nitrogens with zero attached hydrogens (tertiary/aromatic N) is 3. The van der Waals surface area contributed by atoms with Gasteiger partial charge in [0.15, 0.2) is 0 Å². The molecule has 3 saturated heterocycles. The minimum atomic E-state index is -1.76. The van der Waals surface area contributed by atoms with Crippen molar-refractivity contribution < 1.29 is 29.1 Å². The highest BCUT2D eigenvalue weighted by atomic mass is 16.6. The first-order valence-electron chi connectivity index (χ1n) is 14.3. The zero-order chi connectivity index (χ0) is 28.5. The molecule has 2 bridgehead atoms. The molecular formula is C29H39BN4O6. The molecule has 1 aromatic rings. The van der Waals surface area contributed by atoms with Gasteiger partial charge in [0, 0.05) is 24.7 Å². The Morgan fingerprint density at radius 1 is 1.25 bits per heavy atom. The quantitative estimate of drug-likeness (QED) is 0.241. The molecule has 11 heteroatoms. The summed E-state index contributed by atoms with van der Waals surface area (Å²) in [6.07, 6.45) is 6.26. The van der Waals surface area contributed by atoms with E-state index in [-0.39, 0.29) is 36.2 Å². The lowest BCUT2D eigenvalue weighted by Gasteiger charge is -2.42. The van der Waals surface area contributed by atoms with E-state index in [1.54, 1.807) is 11.0 Å². The van der Waals surface area contributed by atoms with Gasteiger partial charge in [0.1, 0.15) is 18.2 Å². The Balaban J connectivity index is 1.24. The van der Waals surface area contributed by atoms with E-state index in [2.05, 4.69) is 16.3 Å². The number of hydrogen-bond acceptors (Lipinski definition) is 8. The summed E-state index contributed by atoms with van der Waals surface area (Å²) >= 11 is 0. The molecule has 214 valence electrons. The van der Waals surface area contributed by atoms with Crippen LogP contribution in [0.25, 0.3) is 0 Å². The molecule has 1 spiro atoms. The molecule has 1 aromatic carbocycles. The number of hydrogen-bond donors (Lipinski definition) is 3. The van der Waals surface area contributed by atoms with Gasteiger partial charge in [-0.25, -0.2) is 4.79 Å². The molecule has 3 N–H and O–H groups in total. The lowest BCUT2D eigenvalue weighted by Crippen LogP contribution is -2.54. The highest BCUT2D eigenvalue weighted by molar-refractivity contribution is 6.43. The maximum Gasteiger partial charge on any atom is 0.475 e. The second kappa shape index (κ2) is 11.2. The van der Waals surface area contributed by atoms with Gasteiger partial charge in [-0.05, 0) is 70.4 Å². The van der Waals surface area contributed by atoms with E-state index in [4.69, 9.17) is 9.47 Å². The zero-order valence-corrected chi connectivity index (χ0v) is 23.3. The minimum Gasteiger partial charge on any atom is -0.447 e. The van der Waals surface area contributed by atoms with Crippen LogP contribution >= 0.6 is 0 Å². The minimum absolute atomic E-state index is 0.00207. The number of nitriles is 1. The number of carbonyl (C=O) groups is 2. The van der Waals surface area contributed by atoms with Crippen LogP contribution < -0.4 is 5.32 Å². The Kier molecular flexibility index (Phi) is 7.99. The number of ether oxygens (including phenoxy) is 2. The summed E-state index contributed by atoms with van der Waals surface area (Å²) in [7, 11) is -1.76. The number of morpholine rings is 1. The molecule has 3 aliphatic heterocycles. The van der Waals surface area contributed by atoms with E-state index in [0.717, 1.165) is 44.3 Å². The third kappa shape index (κ3) is 5.91. The van der Waals surface area contributed by atoms with E-state index in [9.17, 15) is 24.9 Å². The average molecular weight is 550 g/mol. The molecule has 2 amide bonds. The second-order valence-corrected chi connectivity index (χ2v) is 12.3. The van der Waals surface area contributed by atoms with Gasteiger partial charge >= 0.3 is 13.2 Å². The molecule has 5 rings (SSSR count). The van der Waals surface area contributed by atoms with Crippen molar-refractivity contribution in [3.8, 4) is 6.07 Å². The summed E-state index contributed by atoms with van der Waals surface area (Å²) in [6.45, 7) is 6.21. The Morgan fingerprint density at radius 3 is 2.58 bits per heavy atom. The van der Waals surface area contributed by atoms with Gasteiger partial charge in [-0.15, -0.1) is 0 Å². The van der Waals surface area contributed by atoms with E-state index in [1.807, 2.05) is 44.2 Å². The standard InChI is InChI=1S/C29H39BN4O6/c1-27(2,33-14-15-40-29(19-33)12-13-29)17-22(18-31)25(35)34-23-8-10-28(34,11-9-23)20-39-26(36)32-24(30(37)38)16-21-6-4-3-5-7-21/h3-7,17,23-24,37-38H,8-16,19-20H2,1-2H3,(H,32,36)/t23?,24-,28?/m0/s1. The number of nitrogens with one attached hydrogen (secondary N) is 1. The molecule has 4 aliphatic rings. The molecule has 1 aliphatic carbocycles. The van der Waals surface area contributed by atoms with E-state index < -0.39 is 30.2 Å². The molecule has 0 aromatic heterocycles. The van der Waals surface area contributed by atoms with E-state index in [0.29, 0.717) is 19.4 Å². The Morgan fingerprint density at radius 2 is 1.95 bits per heavy atom. The van der Waals surface area contributed by atoms with Gasteiger partial charge in [-0.1, -0.05) is 30.3 Å². The van der Waals surface area contributed by atoms with Gasteiger partial charge < -0.3 is 29.7 Å². The number of amides is 2. The van der Waals surface area contributed by atoms with Crippen LogP contribution in [-0.2, 0) is 20.7 Å². The van der Waals surface area contributed by atoms with Crippen LogP contribution in [0.5, 0.6) is 0 Å². The first-order valence-corrected chi connectivity index (χ1v) is 14.3. The summed E-state index contributed by atoms with van der Waals surface area (Å²) in [5.41, 5.74) is -0.295. The smallest absolute Gasteiger partial charge is 0.447 e. The average Bonchev–Trinajstić information content (AvgIpc) is 3.44. The van der Waals surface area contributed by atoms with E-state index in [1.165, 1.54) is 0 Å². The fourth-order valence-corrected chi connectivity index (χ4v) is 6.61. The van der Waals surface area contributed by atoms with Crippen LogP contribution in [0.4, 0.5) is 4.79 Å².